The van der Waals surface area contributed by atoms with Crippen LogP contribution in [0.4, 0.5) is 0 Å². The van der Waals surface area contributed by atoms with Gasteiger partial charge in [0.1, 0.15) is 0 Å². The zero-order valence-electron chi connectivity index (χ0n) is 12.5. The zero-order chi connectivity index (χ0) is 13.5. The molecule has 0 saturated carbocycles. The van der Waals surface area contributed by atoms with E-state index in [2.05, 4.69) is 36.2 Å². The lowest BCUT2D eigenvalue weighted by atomic mass is 10.0. The van der Waals surface area contributed by atoms with Crippen LogP contribution in [-0.4, -0.2) is 30.6 Å². The number of nitrogens with one attached hydrogen (secondary N) is 1. The number of piperidine rings is 1. The standard InChI is InChI=1S/C16H28N2S/c1-3-15-8-9-16(19-15)13-17-10-6-12-18-11-5-4-7-14(18)2/h8-9,14,17H,3-7,10-13H2,1-2H3. The zero-order valence-corrected chi connectivity index (χ0v) is 13.3. The van der Waals surface area contributed by atoms with E-state index in [1.54, 1.807) is 0 Å². The van der Waals surface area contributed by atoms with Crippen molar-refractivity contribution in [1.82, 2.24) is 10.2 Å². The molecular weight excluding hydrogens is 252 g/mol. The summed E-state index contributed by atoms with van der Waals surface area (Å²) in [7, 11) is 0. The molecular formula is C16H28N2S. The van der Waals surface area contributed by atoms with Gasteiger partial charge in [0.05, 0.1) is 0 Å². The van der Waals surface area contributed by atoms with Gasteiger partial charge in [-0.3, -0.25) is 0 Å². The summed E-state index contributed by atoms with van der Waals surface area (Å²) in [4.78, 5) is 5.63. The van der Waals surface area contributed by atoms with Crippen molar-refractivity contribution < 1.29 is 0 Å². The minimum absolute atomic E-state index is 0.804. The molecule has 19 heavy (non-hydrogen) atoms. The third kappa shape index (κ3) is 4.90. The Morgan fingerprint density at radius 1 is 1.32 bits per heavy atom. The van der Waals surface area contributed by atoms with Crippen molar-refractivity contribution in [3.63, 3.8) is 0 Å². The van der Waals surface area contributed by atoms with Crippen LogP contribution in [0.1, 0.15) is 49.3 Å². The third-order valence-electron chi connectivity index (χ3n) is 4.10. The second kappa shape index (κ2) is 8.03. The highest BCUT2D eigenvalue weighted by molar-refractivity contribution is 7.11. The Bertz CT molecular complexity index is 361. The van der Waals surface area contributed by atoms with E-state index in [1.165, 1.54) is 48.5 Å². The Balaban J connectivity index is 1.56. The van der Waals surface area contributed by atoms with Crippen LogP contribution in [0.5, 0.6) is 0 Å². The number of hydrogen-bond donors (Lipinski definition) is 1. The lowest BCUT2D eigenvalue weighted by molar-refractivity contribution is 0.159. The molecule has 1 aliphatic rings. The van der Waals surface area contributed by atoms with Crippen molar-refractivity contribution in [3.05, 3.63) is 21.9 Å². The fourth-order valence-corrected chi connectivity index (χ4v) is 3.74. The van der Waals surface area contributed by atoms with Gasteiger partial charge in [0.15, 0.2) is 0 Å². The molecule has 1 N–H and O–H groups in total. The molecule has 3 heteroatoms. The smallest absolute Gasteiger partial charge is 0.0299 e. The van der Waals surface area contributed by atoms with Crippen LogP contribution in [0.15, 0.2) is 12.1 Å². The van der Waals surface area contributed by atoms with Gasteiger partial charge in [-0.1, -0.05) is 13.3 Å². The third-order valence-corrected chi connectivity index (χ3v) is 5.33. The topological polar surface area (TPSA) is 15.3 Å². The van der Waals surface area contributed by atoms with E-state index in [1.807, 2.05) is 11.3 Å². The molecule has 0 amide bonds. The largest absolute Gasteiger partial charge is 0.312 e. The normalized spacial score (nSPS) is 20.8. The Labute approximate surface area is 122 Å². The Morgan fingerprint density at radius 3 is 2.89 bits per heavy atom. The maximum absolute atomic E-state index is 3.58. The second-order valence-electron chi connectivity index (χ2n) is 5.63. The van der Waals surface area contributed by atoms with Crippen molar-refractivity contribution in [3.8, 4) is 0 Å². The van der Waals surface area contributed by atoms with Gasteiger partial charge < -0.3 is 10.2 Å². The first-order valence-corrected chi connectivity index (χ1v) is 8.63. The first kappa shape index (κ1) is 15.0. The van der Waals surface area contributed by atoms with Gasteiger partial charge in [-0.25, -0.2) is 0 Å². The number of rotatable bonds is 7. The van der Waals surface area contributed by atoms with E-state index >= 15 is 0 Å². The second-order valence-corrected chi connectivity index (χ2v) is 6.89. The van der Waals surface area contributed by atoms with Crippen LogP contribution in [-0.2, 0) is 13.0 Å². The predicted octanol–water partition coefficient (Wildman–Crippen LogP) is 3.66. The maximum Gasteiger partial charge on any atom is 0.0299 e. The molecule has 1 atom stereocenters. The van der Waals surface area contributed by atoms with Gasteiger partial charge in [0.25, 0.3) is 0 Å². The molecule has 0 spiro atoms. The number of likely N-dealkylation sites (tertiary alicyclic amines) is 1. The molecule has 0 aliphatic carbocycles. The number of nitrogens with zero attached hydrogens (tertiary/aromatic N) is 1. The summed E-state index contributed by atoms with van der Waals surface area (Å²) in [6.45, 7) is 9.36. The molecule has 1 aromatic rings. The SMILES string of the molecule is CCc1ccc(CNCCCN2CCCCC2C)s1. The highest BCUT2D eigenvalue weighted by atomic mass is 32.1. The summed E-state index contributed by atoms with van der Waals surface area (Å²) < 4.78 is 0. The van der Waals surface area contributed by atoms with Crippen molar-refractivity contribution >= 4 is 11.3 Å². The van der Waals surface area contributed by atoms with Gasteiger partial charge in [-0.05, 0) is 64.4 Å². The molecule has 1 fully saturated rings. The van der Waals surface area contributed by atoms with Gasteiger partial charge >= 0.3 is 0 Å². The molecule has 0 bridgehead atoms. The molecule has 0 radical (unpaired) electrons. The van der Waals surface area contributed by atoms with Crippen LogP contribution in [0.25, 0.3) is 0 Å². The van der Waals surface area contributed by atoms with Crippen LogP contribution < -0.4 is 5.32 Å². The number of hydrogen-bond acceptors (Lipinski definition) is 3. The lowest BCUT2D eigenvalue weighted by Crippen LogP contribution is -2.38. The van der Waals surface area contributed by atoms with Crippen LogP contribution in [0, 0.1) is 0 Å². The molecule has 0 aromatic carbocycles. The van der Waals surface area contributed by atoms with Gasteiger partial charge in [0, 0.05) is 22.3 Å². The van der Waals surface area contributed by atoms with Crippen LogP contribution in [0.2, 0.25) is 0 Å². The van der Waals surface area contributed by atoms with Crippen LogP contribution in [0.3, 0.4) is 0 Å². The van der Waals surface area contributed by atoms with Crippen LogP contribution >= 0.6 is 11.3 Å². The van der Waals surface area contributed by atoms with Crippen molar-refractivity contribution in [1.29, 1.82) is 0 Å². The number of aryl methyl sites for hydroxylation is 1. The molecule has 2 rings (SSSR count). The molecule has 1 aliphatic heterocycles. The Hall–Kier alpha value is -0.380. The van der Waals surface area contributed by atoms with E-state index in [4.69, 9.17) is 0 Å². The maximum atomic E-state index is 3.58. The molecule has 108 valence electrons. The van der Waals surface area contributed by atoms with Crippen molar-refractivity contribution in [2.24, 2.45) is 0 Å². The highest BCUT2D eigenvalue weighted by Gasteiger charge is 2.16. The average Bonchev–Trinajstić information content (AvgIpc) is 2.88. The van der Waals surface area contributed by atoms with Gasteiger partial charge in [0.2, 0.25) is 0 Å². The molecule has 1 unspecified atom stereocenters. The van der Waals surface area contributed by atoms with Crippen molar-refractivity contribution in [2.75, 3.05) is 19.6 Å². The molecule has 2 nitrogen and oxygen atoms in total. The Kier molecular flexibility index (Phi) is 6.35. The van der Waals surface area contributed by atoms with E-state index < -0.39 is 0 Å². The van der Waals surface area contributed by atoms with Gasteiger partial charge in [-0.2, -0.15) is 0 Å². The molecule has 1 saturated heterocycles. The van der Waals surface area contributed by atoms with E-state index in [-0.39, 0.29) is 0 Å². The van der Waals surface area contributed by atoms with E-state index in [9.17, 15) is 0 Å². The molecule has 1 aromatic heterocycles. The summed E-state index contributed by atoms with van der Waals surface area (Å²) in [6.07, 6.45) is 6.65. The lowest BCUT2D eigenvalue weighted by Gasteiger charge is -2.33. The van der Waals surface area contributed by atoms with E-state index in [0.29, 0.717) is 0 Å². The summed E-state index contributed by atoms with van der Waals surface area (Å²) in [5.74, 6) is 0. The van der Waals surface area contributed by atoms with E-state index in [0.717, 1.165) is 25.6 Å². The summed E-state index contributed by atoms with van der Waals surface area (Å²) in [5.41, 5.74) is 0. The first-order valence-electron chi connectivity index (χ1n) is 7.82. The molecule has 2 heterocycles. The fourth-order valence-electron chi connectivity index (χ4n) is 2.82. The minimum Gasteiger partial charge on any atom is -0.312 e. The van der Waals surface area contributed by atoms with Crippen molar-refractivity contribution in [2.45, 2.75) is 58.5 Å². The Morgan fingerprint density at radius 2 is 2.16 bits per heavy atom. The quantitative estimate of drug-likeness (QED) is 0.767. The number of thiophene rings is 1. The highest BCUT2D eigenvalue weighted by Crippen LogP contribution is 2.17. The fraction of sp³-hybridized carbons (Fsp3) is 0.750. The predicted molar refractivity (Wildman–Crippen MR) is 84.9 cm³/mol. The summed E-state index contributed by atoms with van der Waals surface area (Å²) in [6, 6.07) is 5.33. The average molecular weight is 280 g/mol. The first-order chi connectivity index (χ1) is 9.29. The summed E-state index contributed by atoms with van der Waals surface area (Å²) in [5, 5.41) is 3.58. The summed E-state index contributed by atoms with van der Waals surface area (Å²) >= 11 is 1.95. The minimum atomic E-state index is 0.804. The van der Waals surface area contributed by atoms with Gasteiger partial charge in [-0.15, -0.1) is 11.3 Å². The monoisotopic (exact) mass is 280 g/mol.